The topological polar surface area (TPSA) is 37.4 Å². The molecule has 0 saturated heterocycles. The molecule has 1 N–H and O–H groups in total. The molecule has 19 heavy (non-hydrogen) atoms. The van der Waals surface area contributed by atoms with Gasteiger partial charge in [-0.05, 0) is 44.4 Å². The number of anilines is 1. The van der Waals surface area contributed by atoms with Crippen LogP contribution in [0.4, 0.5) is 5.82 Å². The van der Waals surface area contributed by atoms with E-state index in [4.69, 9.17) is 4.74 Å². The lowest BCUT2D eigenvalue weighted by molar-refractivity contribution is 0.205. The van der Waals surface area contributed by atoms with E-state index in [-0.39, 0.29) is 0 Å². The van der Waals surface area contributed by atoms with Gasteiger partial charge >= 0.3 is 0 Å². The predicted octanol–water partition coefficient (Wildman–Crippen LogP) is 2.11. The molecule has 0 radical (unpaired) electrons. The van der Waals surface area contributed by atoms with Gasteiger partial charge in [-0.1, -0.05) is 0 Å². The van der Waals surface area contributed by atoms with E-state index in [0.717, 1.165) is 43.8 Å². The highest BCUT2D eigenvalue weighted by molar-refractivity contribution is 5.42. The molecule has 2 rings (SSSR count). The van der Waals surface area contributed by atoms with E-state index in [0.29, 0.717) is 0 Å². The molecule has 1 heterocycles. The minimum atomic E-state index is 0.735. The van der Waals surface area contributed by atoms with Crippen molar-refractivity contribution in [3.05, 3.63) is 23.4 Å². The summed E-state index contributed by atoms with van der Waals surface area (Å²) in [7, 11) is 1.74. The zero-order valence-corrected chi connectivity index (χ0v) is 12.3. The summed E-state index contributed by atoms with van der Waals surface area (Å²) >= 11 is 0. The second-order valence-corrected chi connectivity index (χ2v) is 5.20. The Bertz CT molecular complexity index is 404. The molecular weight excluding hydrogens is 238 g/mol. The fourth-order valence-electron chi connectivity index (χ4n) is 2.17. The summed E-state index contributed by atoms with van der Waals surface area (Å²) in [5.74, 6) is 1.06. The van der Waals surface area contributed by atoms with E-state index in [1.807, 2.05) is 0 Å². The van der Waals surface area contributed by atoms with Gasteiger partial charge in [0.1, 0.15) is 5.82 Å². The number of nitrogens with one attached hydrogen (secondary N) is 1. The summed E-state index contributed by atoms with van der Waals surface area (Å²) in [4.78, 5) is 6.90. The quantitative estimate of drug-likeness (QED) is 0.779. The Morgan fingerprint density at radius 1 is 1.42 bits per heavy atom. The normalized spacial score (nSPS) is 14.7. The first kappa shape index (κ1) is 14.3. The SMILES string of the molecule is CCN(CCOC)c1cc(CNC2CC2)cc(C)n1. The summed E-state index contributed by atoms with van der Waals surface area (Å²) in [6.45, 7) is 7.74. The lowest BCUT2D eigenvalue weighted by Crippen LogP contribution is -2.28. The fraction of sp³-hybridized carbons (Fsp3) is 0.667. The molecule has 0 spiro atoms. The van der Waals surface area contributed by atoms with Gasteiger partial charge in [0.15, 0.2) is 0 Å². The molecule has 1 aromatic rings. The number of methoxy groups -OCH3 is 1. The van der Waals surface area contributed by atoms with E-state index >= 15 is 0 Å². The number of likely N-dealkylation sites (N-methyl/N-ethyl adjacent to an activating group) is 1. The zero-order valence-electron chi connectivity index (χ0n) is 12.3. The van der Waals surface area contributed by atoms with Crippen molar-refractivity contribution < 1.29 is 4.74 Å². The largest absolute Gasteiger partial charge is 0.383 e. The molecule has 0 bridgehead atoms. The second kappa shape index (κ2) is 6.87. The first-order chi connectivity index (χ1) is 9.22. The number of hydrogen-bond donors (Lipinski definition) is 1. The van der Waals surface area contributed by atoms with Crippen LogP contribution in [0.15, 0.2) is 12.1 Å². The fourth-order valence-corrected chi connectivity index (χ4v) is 2.17. The van der Waals surface area contributed by atoms with Crippen molar-refractivity contribution in [1.82, 2.24) is 10.3 Å². The third-order valence-corrected chi connectivity index (χ3v) is 3.44. The first-order valence-electron chi connectivity index (χ1n) is 7.17. The smallest absolute Gasteiger partial charge is 0.129 e. The van der Waals surface area contributed by atoms with Crippen LogP contribution in [0.2, 0.25) is 0 Å². The third kappa shape index (κ3) is 4.48. The highest BCUT2D eigenvalue weighted by atomic mass is 16.5. The van der Waals surface area contributed by atoms with Gasteiger partial charge in [-0.15, -0.1) is 0 Å². The maximum Gasteiger partial charge on any atom is 0.129 e. The molecular formula is C15H25N3O. The van der Waals surface area contributed by atoms with Crippen molar-refractivity contribution in [2.24, 2.45) is 0 Å². The van der Waals surface area contributed by atoms with Crippen molar-refractivity contribution in [2.75, 3.05) is 31.7 Å². The van der Waals surface area contributed by atoms with Crippen LogP contribution in [0.25, 0.3) is 0 Å². The van der Waals surface area contributed by atoms with Gasteiger partial charge in [0, 0.05) is 38.5 Å². The molecule has 1 fully saturated rings. The third-order valence-electron chi connectivity index (χ3n) is 3.44. The Balaban J connectivity index is 2.04. The standard InChI is InChI=1S/C15H25N3O/c1-4-18(7-8-19-3)15-10-13(9-12(2)17-15)11-16-14-5-6-14/h9-10,14,16H,4-8,11H2,1-3H3. The molecule has 0 unspecified atom stereocenters. The molecule has 1 saturated carbocycles. The maximum absolute atomic E-state index is 5.16. The van der Waals surface area contributed by atoms with Crippen LogP contribution >= 0.6 is 0 Å². The van der Waals surface area contributed by atoms with Gasteiger partial charge in [0.25, 0.3) is 0 Å². The van der Waals surface area contributed by atoms with Gasteiger partial charge in [0.2, 0.25) is 0 Å². The number of pyridine rings is 1. The Morgan fingerprint density at radius 2 is 2.21 bits per heavy atom. The van der Waals surface area contributed by atoms with Crippen LogP contribution in [-0.4, -0.2) is 37.8 Å². The summed E-state index contributed by atoms with van der Waals surface area (Å²) in [6, 6.07) is 5.11. The Labute approximate surface area is 116 Å². The Morgan fingerprint density at radius 3 is 2.84 bits per heavy atom. The van der Waals surface area contributed by atoms with Gasteiger partial charge in [-0.3, -0.25) is 0 Å². The number of rotatable bonds is 8. The van der Waals surface area contributed by atoms with E-state index in [2.05, 4.69) is 41.2 Å². The minimum absolute atomic E-state index is 0.735. The van der Waals surface area contributed by atoms with Gasteiger partial charge in [-0.2, -0.15) is 0 Å². The molecule has 1 aliphatic rings. The highest BCUT2D eigenvalue weighted by Gasteiger charge is 2.20. The van der Waals surface area contributed by atoms with Gasteiger partial charge in [-0.25, -0.2) is 4.98 Å². The summed E-state index contributed by atoms with van der Waals surface area (Å²) < 4.78 is 5.16. The van der Waals surface area contributed by atoms with E-state index in [1.54, 1.807) is 7.11 Å². The molecule has 4 nitrogen and oxygen atoms in total. The number of hydrogen-bond acceptors (Lipinski definition) is 4. The van der Waals surface area contributed by atoms with E-state index < -0.39 is 0 Å². The van der Waals surface area contributed by atoms with Crippen molar-refractivity contribution in [2.45, 2.75) is 39.3 Å². The average Bonchev–Trinajstić information content (AvgIpc) is 3.21. The molecule has 106 valence electrons. The lowest BCUT2D eigenvalue weighted by atomic mass is 10.2. The first-order valence-corrected chi connectivity index (χ1v) is 7.17. The summed E-state index contributed by atoms with van der Waals surface area (Å²) in [5.41, 5.74) is 2.41. The molecule has 0 aromatic carbocycles. The van der Waals surface area contributed by atoms with Crippen LogP contribution < -0.4 is 10.2 Å². The van der Waals surface area contributed by atoms with E-state index in [1.165, 1.54) is 18.4 Å². The summed E-state index contributed by atoms with van der Waals surface area (Å²) in [5, 5.41) is 3.56. The number of ether oxygens (including phenoxy) is 1. The number of aryl methyl sites for hydroxylation is 1. The number of nitrogens with zero attached hydrogens (tertiary/aromatic N) is 2. The molecule has 0 aliphatic heterocycles. The van der Waals surface area contributed by atoms with Crippen molar-refractivity contribution in [3.8, 4) is 0 Å². The van der Waals surface area contributed by atoms with Gasteiger partial charge < -0.3 is 15.0 Å². The van der Waals surface area contributed by atoms with Crippen LogP contribution in [0.3, 0.4) is 0 Å². The Kier molecular flexibility index (Phi) is 5.16. The molecule has 1 aliphatic carbocycles. The summed E-state index contributed by atoms with van der Waals surface area (Å²) in [6.07, 6.45) is 2.65. The second-order valence-electron chi connectivity index (χ2n) is 5.20. The number of aromatic nitrogens is 1. The zero-order chi connectivity index (χ0) is 13.7. The minimum Gasteiger partial charge on any atom is -0.383 e. The van der Waals surface area contributed by atoms with Crippen LogP contribution in [0.1, 0.15) is 31.0 Å². The van der Waals surface area contributed by atoms with Crippen LogP contribution in [-0.2, 0) is 11.3 Å². The van der Waals surface area contributed by atoms with Gasteiger partial charge in [0.05, 0.1) is 6.61 Å². The van der Waals surface area contributed by atoms with Crippen LogP contribution in [0, 0.1) is 6.92 Å². The molecule has 4 heteroatoms. The molecule has 0 atom stereocenters. The van der Waals surface area contributed by atoms with Crippen molar-refractivity contribution in [3.63, 3.8) is 0 Å². The highest BCUT2D eigenvalue weighted by Crippen LogP contribution is 2.20. The van der Waals surface area contributed by atoms with Crippen LogP contribution in [0.5, 0.6) is 0 Å². The van der Waals surface area contributed by atoms with E-state index in [9.17, 15) is 0 Å². The lowest BCUT2D eigenvalue weighted by Gasteiger charge is -2.22. The monoisotopic (exact) mass is 263 g/mol. The maximum atomic E-state index is 5.16. The molecule has 0 amide bonds. The Hall–Kier alpha value is -1.13. The molecule has 1 aromatic heterocycles. The van der Waals surface area contributed by atoms with Crippen molar-refractivity contribution in [1.29, 1.82) is 0 Å². The van der Waals surface area contributed by atoms with Crippen molar-refractivity contribution >= 4 is 5.82 Å². The average molecular weight is 263 g/mol. The predicted molar refractivity (Wildman–Crippen MR) is 78.6 cm³/mol.